The Kier molecular flexibility index (Phi) is 64.7. The van der Waals surface area contributed by atoms with Crippen molar-refractivity contribution in [1.82, 2.24) is 0 Å². The van der Waals surface area contributed by atoms with Crippen LogP contribution < -0.4 is 0 Å². The highest BCUT2D eigenvalue weighted by atomic mass is 16.6. The second-order valence-electron chi connectivity index (χ2n) is 22.7. The van der Waals surface area contributed by atoms with Gasteiger partial charge in [-0.15, -0.1) is 0 Å². The van der Waals surface area contributed by atoms with E-state index in [2.05, 4.69) is 118 Å². The molecule has 0 aliphatic carbocycles. The van der Waals surface area contributed by atoms with Gasteiger partial charge in [0, 0.05) is 19.3 Å². The van der Waals surface area contributed by atoms with E-state index in [9.17, 15) is 14.4 Å². The van der Waals surface area contributed by atoms with Crippen LogP contribution in [0.25, 0.3) is 0 Å². The molecule has 1 unspecified atom stereocenters. The molecule has 6 heteroatoms. The maximum absolute atomic E-state index is 12.9. The zero-order valence-electron chi connectivity index (χ0n) is 52.8. The lowest BCUT2D eigenvalue weighted by Gasteiger charge is -2.18. The Morgan fingerprint density at radius 2 is 0.500 bits per heavy atom. The topological polar surface area (TPSA) is 78.9 Å². The first kappa shape index (κ1) is 76.3. The van der Waals surface area contributed by atoms with Crippen LogP contribution in [0.3, 0.4) is 0 Å². The molecule has 0 heterocycles. The minimum atomic E-state index is -0.786. The van der Waals surface area contributed by atoms with Crippen LogP contribution >= 0.6 is 0 Å². The van der Waals surface area contributed by atoms with Gasteiger partial charge in [-0.05, 0) is 116 Å². The summed E-state index contributed by atoms with van der Waals surface area (Å²) in [5, 5.41) is 0. The molecule has 0 N–H and O–H groups in total. The molecule has 0 aromatic rings. The van der Waals surface area contributed by atoms with E-state index in [-0.39, 0.29) is 31.1 Å². The summed E-state index contributed by atoms with van der Waals surface area (Å²) >= 11 is 0. The predicted octanol–water partition coefficient (Wildman–Crippen LogP) is 23.6. The van der Waals surface area contributed by atoms with E-state index in [1.54, 1.807) is 0 Å². The number of carbonyl (C=O) groups is 3. The van der Waals surface area contributed by atoms with Gasteiger partial charge >= 0.3 is 17.9 Å². The maximum atomic E-state index is 12.9. The molecule has 6 nitrogen and oxygen atoms in total. The number of rotatable bonds is 62. The molecule has 0 saturated carbocycles. The lowest BCUT2D eigenvalue weighted by atomic mass is 10.0. The van der Waals surface area contributed by atoms with Crippen molar-refractivity contribution >= 4 is 17.9 Å². The van der Waals surface area contributed by atoms with Crippen molar-refractivity contribution < 1.29 is 28.6 Å². The SMILES string of the molecule is CC/C=C\C/C=C\C/C=C\C/C=C\C/C=C\CCCCCCCCCCCCCCCC(=O)OCC(COC(=O)CCCCCCC/C=C\C/C=C\CCCC)OC(=O)CCCCCCCCCCC/C=C\CCCCCCCC. The molecule has 1 atom stereocenters. The van der Waals surface area contributed by atoms with Crippen molar-refractivity contribution in [2.75, 3.05) is 13.2 Å². The fraction of sp³-hybridized carbons (Fsp3) is 0.743. The van der Waals surface area contributed by atoms with Crippen LogP contribution in [-0.2, 0) is 28.6 Å². The van der Waals surface area contributed by atoms with Crippen molar-refractivity contribution in [3.05, 3.63) is 97.2 Å². The summed E-state index contributed by atoms with van der Waals surface area (Å²) < 4.78 is 17.0. The third-order valence-corrected chi connectivity index (χ3v) is 14.8. The van der Waals surface area contributed by atoms with Gasteiger partial charge in [0.05, 0.1) is 0 Å². The van der Waals surface area contributed by atoms with Gasteiger partial charge in [0.1, 0.15) is 13.2 Å². The molecule has 0 aromatic heterocycles. The molecule has 0 aliphatic heterocycles. The molecule has 0 amide bonds. The average molecular weight is 1110 g/mol. The third kappa shape index (κ3) is 65.1. The number of ether oxygens (including phenoxy) is 3. The molecule has 460 valence electrons. The first-order valence-electron chi connectivity index (χ1n) is 34.2. The van der Waals surface area contributed by atoms with Crippen LogP contribution in [0.1, 0.15) is 335 Å². The van der Waals surface area contributed by atoms with Crippen LogP contribution in [0.4, 0.5) is 0 Å². The number of carbonyl (C=O) groups excluding carboxylic acids is 3. The Hall–Kier alpha value is -3.67. The normalized spacial score (nSPS) is 12.7. The van der Waals surface area contributed by atoms with Crippen LogP contribution in [0.15, 0.2) is 97.2 Å². The number of hydrogen-bond donors (Lipinski definition) is 0. The highest BCUT2D eigenvalue weighted by Crippen LogP contribution is 2.17. The van der Waals surface area contributed by atoms with E-state index in [1.807, 2.05) is 0 Å². The van der Waals surface area contributed by atoms with Crippen molar-refractivity contribution in [2.24, 2.45) is 0 Å². The summed E-state index contributed by atoms with van der Waals surface area (Å²) in [4.78, 5) is 38.4. The van der Waals surface area contributed by atoms with Crippen LogP contribution in [0.5, 0.6) is 0 Å². The zero-order valence-corrected chi connectivity index (χ0v) is 52.8. The quantitative estimate of drug-likeness (QED) is 0.0261. The minimum Gasteiger partial charge on any atom is -0.462 e. The third-order valence-electron chi connectivity index (χ3n) is 14.8. The summed E-state index contributed by atoms with van der Waals surface area (Å²) in [6, 6.07) is 0. The lowest BCUT2D eigenvalue weighted by Crippen LogP contribution is -2.30. The highest BCUT2D eigenvalue weighted by Gasteiger charge is 2.19. The van der Waals surface area contributed by atoms with E-state index in [0.717, 1.165) is 109 Å². The molecule has 0 fully saturated rings. The zero-order chi connectivity index (χ0) is 57.8. The molecule has 0 rings (SSSR count). The maximum Gasteiger partial charge on any atom is 0.306 e. The number of hydrogen-bond acceptors (Lipinski definition) is 6. The summed E-state index contributed by atoms with van der Waals surface area (Å²) in [5.41, 5.74) is 0. The van der Waals surface area contributed by atoms with Crippen molar-refractivity contribution in [3.8, 4) is 0 Å². The van der Waals surface area contributed by atoms with E-state index in [1.165, 1.54) is 186 Å². The minimum absolute atomic E-state index is 0.0813. The predicted molar refractivity (Wildman–Crippen MR) is 348 cm³/mol. The first-order valence-corrected chi connectivity index (χ1v) is 34.2. The molecular weight excluding hydrogens is 985 g/mol. The molecular formula is C74H128O6. The lowest BCUT2D eigenvalue weighted by molar-refractivity contribution is -0.167. The van der Waals surface area contributed by atoms with Gasteiger partial charge in [0.25, 0.3) is 0 Å². The largest absolute Gasteiger partial charge is 0.462 e. The van der Waals surface area contributed by atoms with Crippen molar-refractivity contribution in [3.63, 3.8) is 0 Å². The van der Waals surface area contributed by atoms with E-state index in [0.29, 0.717) is 19.3 Å². The molecule has 0 spiro atoms. The fourth-order valence-corrected chi connectivity index (χ4v) is 9.66. The molecule has 0 bridgehead atoms. The standard InChI is InChI=1S/C74H128O6/c1-4-7-10-13-16-19-22-25-28-30-32-33-34-35-36-37-38-39-40-41-43-44-46-49-52-55-58-61-64-67-73(76)79-70-71(69-78-72(75)66-63-60-57-54-51-48-27-24-21-18-15-12-9-6-3)80-74(77)68-65-62-59-56-53-50-47-45-42-31-29-26-23-20-17-14-11-8-5-2/h7,10,15-16,18-19,24-29,32-33,35-36,71H,4-6,8-9,11-14,17,20-23,30-31,34,37-70H2,1-3H3/b10-7-,18-15-,19-16-,27-24-,28-25-,29-26-,33-32-,36-35-. The van der Waals surface area contributed by atoms with Gasteiger partial charge in [0.15, 0.2) is 6.10 Å². The van der Waals surface area contributed by atoms with E-state index >= 15 is 0 Å². The highest BCUT2D eigenvalue weighted by molar-refractivity contribution is 5.71. The van der Waals surface area contributed by atoms with Gasteiger partial charge in [-0.25, -0.2) is 0 Å². The molecule has 80 heavy (non-hydrogen) atoms. The first-order chi connectivity index (χ1) is 39.5. The summed E-state index contributed by atoms with van der Waals surface area (Å²) in [5.74, 6) is -0.885. The van der Waals surface area contributed by atoms with Gasteiger partial charge in [-0.1, -0.05) is 298 Å². The van der Waals surface area contributed by atoms with Crippen LogP contribution in [0.2, 0.25) is 0 Å². The number of unbranched alkanes of at least 4 members (excludes halogenated alkanes) is 35. The van der Waals surface area contributed by atoms with E-state index in [4.69, 9.17) is 14.2 Å². The molecule has 0 saturated heterocycles. The van der Waals surface area contributed by atoms with Gasteiger partial charge in [-0.2, -0.15) is 0 Å². The van der Waals surface area contributed by atoms with Gasteiger partial charge in [-0.3, -0.25) is 14.4 Å². The van der Waals surface area contributed by atoms with Crippen molar-refractivity contribution in [2.45, 2.75) is 341 Å². The Balaban J connectivity index is 4.28. The summed E-state index contributed by atoms with van der Waals surface area (Å²) in [6.07, 6.45) is 91.4. The number of esters is 3. The molecule has 0 aliphatic rings. The average Bonchev–Trinajstić information content (AvgIpc) is 3.46. The second kappa shape index (κ2) is 67.8. The molecule has 0 radical (unpaired) electrons. The Morgan fingerprint density at radius 3 is 0.812 bits per heavy atom. The van der Waals surface area contributed by atoms with Gasteiger partial charge < -0.3 is 14.2 Å². The van der Waals surface area contributed by atoms with E-state index < -0.39 is 6.10 Å². The second-order valence-corrected chi connectivity index (χ2v) is 22.7. The fourth-order valence-electron chi connectivity index (χ4n) is 9.66. The monoisotopic (exact) mass is 1110 g/mol. The smallest absolute Gasteiger partial charge is 0.306 e. The van der Waals surface area contributed by atoms with Gasteiger partial charge in [0.2, 0.25) is 0 Å². The number of allylic oxidation sites excluding steroid dienone is 16. The van der Waals surface area contributed by atoms with Crippen molar-refractivity contribution in [1.29, 1.82) is 0 Å². The Labute approximate surface area is 496 Å². The van der Waals surface area contributed by atoms with Crippen LogP contribution in [-0.4, -0.2) is 37.2 Å². The summed E-state index contributed by atoms with van der Waals surface area (Å²) in [7, 11) is 0. The van der Waals surface area contributed by atoms with Crippen LogP contribution in [0, 0.1) is 0 Å². The Morgan fingerprint density at radius 1 is 0.263 bits per heavy atom. The molecule has 0 aromatic carbocycles. The summed E-state index contributed by atoms with van der Waals surface area (Å²) in [6.45, 7) is 6.50. The Bertz CT molecular complexity index is 1560.